The highest BCUT2D eigenvalue weighted by Crippen LogP contribution is 2.34. The summed E-state index contributed by atoms with van der Waals surface area (Å²) < 4.78 is 21.5. The number of aliphatic hydroxyl groups is 2. The third-order valence-electron chi connectivity index (χ3n) is 4.42. The van der Waals surface area contributed by atoms with Gasteiger partial charge in [0.15, 0.2) is 11.9 Å². The Hall–Kier alpha value is -2.96. The van der Waals surface area contributed by atoms with E-state index in [0.717, 1.165) is 0 Å². The van der Waals surface area contributed by atoms with Gasteiger partial charge in [-0.25, -0.2) is 19.1 Å². The maximum atomic E-state index is 11.7. The molecule has 0 saturated carbocycles. The van der Waals surface area contributed by atoms with Crippen molar-refractivity contribution >= 4 is 23.5 Å². The number of nitrogens with zero attached hydrogens (tertiary/aromatic N) is 3. The summed E-state index contributed by atoms with van der Waals surface area (Å²) in [7, 11) is 0. The van der Waals surface area contributed by atoms with Crippen LogP contribution in [0.1, 0.15) is 25.6 Å². The highest BCUT2D eigenvalue weighted by atomic mass is 16.7. The Morgan fingerprint density at radius 1 is 1.31 bits per heavy atom. The molecule has 5 atom stereocenters. The average Bonchev–Trinajstić information content (AvgIpc) is 3.23. The summed E-state index contributed by atoms with van der Waals surface area (Å²) in [5, 5.41) is 24.7. The van der Waals surface area contributed by atoms with E-state index in [1.807, 2.05) is 0 Å². The zero-order chi connectivity index (χ0) is 21.1. The second-order valence-corrected chi connectivity index (χ2v) is 6.35. The number of fused-ring (bicyclic) bond motifs is 1. The first-order valence-electron chi connectivity index (χ1n) is 8.93. The van der Waals surface area contributed by atoms with E-state index in [9.17, 15) is 19.8 Å². The highest BCUT2D eigenvalue weighted by molar-refractivity contribution is 5.76. The summed E-state index contributed by atoms with van der Waals surface area (Å²) in [6, 6.07) is 3.30. The molecule has 2 aromatic heterocycles. The second-order valence-electron chi connectivity index (χ2n) is 6.35. The van der Waals surface area contributed by atoms with Crippen LogP contribution in [0.4, 0.5) is 10.6 Å². The standard InChI is InChI=1S/C17H22N4O8/c1-3-26-16(24)8(2)28-17(25)27-6-11-12(22)13(23)14(29-11)9-4-5-10-15(18)19-7-20-21(9)10/h4-5,7-8,11-14,22-23H,3,6H2,1-2H3,(H2,18,19,20)/t8-,11+,12+,13+,14-/m0/s1. The zero-order valence-electron chi connectivity index (χ0n) is 15.8. The number of rotatable bonds is 6. The van der Waals surface area contributed by atoms with Crippen LogP contribution in [0.15, 0.2) is 18.5 Å². The van der Waals surface area contributed by atoms with Gasteiger partial charge >= 0.3 is 12.1 Å². The predicted molar refractivity (Wildman–Crippen MR) is 95.6 cm³/mol. The molecule has 0 bridgehead atoms. The van der Waals surface area contributed by atoms with E-state index in [1.165, 1.54) is 17.8 Å². The molecule has 0 unspecified atom stereocenters. The number of aromatic nitrogens is 3. The van der Waals surface area contributed by atoms with Crippen LogP contribution in [0.2, 0.25) is 0 Å². The van der Waals surface area contributed by atoms with Crippen molar-refractivity contribution in [2.45, 2.75) is 44.4 Å². The Morgan fingerprint density at radius 3 is 2.79 bits per heavy atom. The molecule has 12 heteroatoms. The van der Waals surface area contributed by atoms with E-state index in [0.29, 0.717) is 11.2 Å². The molecule has 1 aliphatic heterocycles. The minimum Gasteiger partial charge on any atom is -0.463 e. The van der Waals surface area contributed by atoms with Crippen LogP contribution in [0.3, 0.4) is 0 Å². The van der Waals surface area contributed by atoms with Gasteiger partial charge in [-0.3, -0.25) is 0 Å². The van der Waals surface area contributed by atoms with Gasteiger partial charge in [-0.15, -0.1) is 0 Å². The van der Waals surface area contributed by atoms with Gasteiger partial charge in [0.25, 0.3) is 0 Å². The summed E-state index contributed by atoms with van der Waals surface area (Å²) >= 11 is 0. The number of nitrogens with two attached hydrogens (primary N) is 1. The third-order valence-corrected chi connectivity index (χ3v) is 4.42. The van der Waals surface area contributed by atoms with Crippen LogP contribution < -0.4 is 5.73 Å². The Labute approximate surface area is 165 Å². The van der Waals surface area contributed by atoms with E-state index in [4.69, 9.17) is 24.7 Å². The van der Waals surface area contributed by atoms with E-state index in [-0.39, 0.29) is 12.4 Å². The topological polar surface area (TPSA) is 168 Å². The maximum Gasteiger partial charge on any atom is 0.509 e. The fourth-order valence-corrected chi connectivity index (χ4v) is 2.96. The molecular weight excluding hydrogens is 388 g/mol. The fourth-order valence-electron chi connectivity index (χ4n) is 2.96. The number of carbonyl (C=O) groups is 2. The van der Waals surface area contributed by atoms with Crippen LogP contribution in [0.25, 0.3) is 5.52 Å². The normalized spacial score (nSPS) is 25.0. The third kappa shape index (κ3) is 4.23. The van der Waals surface area contributed by atoms with Gasteiger partial charge in [0.05, 0.1) is 12.3 Å². The minimum atomic E-state index is -1.33. The highest BCUT2D eigenvalue weighted by Gasteiger charge is 2.45. The smallest absolute Gasteiger partial charge is 0.463 e. The van der Waals surface area contributed by atoms with Crippen LogP contribution in [0, 0.1) is 0 Å². The predicted octanol–water partition coefficient (Wildman–Crippen LogP) is -0.422. The van der Waals surface area contributed by atoms with Crippen molar-refractivity contribution in [3.63, 3.8) is 0 Å². The second kappa shape index (κ2) is 8.59. The molecule has 4 N–H and O–H groups in total. The molecule has 1 aliphatic rings. The fraction of sp³-hybridized carbons (Fsp3) is 0.529. The number of nitrogen functional groups attached to an aromatic ring is 1. The first-order valence-corrected chi connectivity index (χ1v) is 8.93. The van der Waals surface area contributed by atoms with Crippen molar-refractivity contribution in [2.75, 3.05) is 18.9 Å². The number of carbonyl (C=O) groups excluding carboxylic acids is 2. The molecular formula is C17H22N4O8. The van der Waals surface area contributed by atoms with Crippen LogP contribution in [0.5, 0.6) is 0 Å². The van der Waals surface area contributed by atoms with E-state index < -0.39 is 49.3 Å². The molecule has 0 amide bonds. The molecule has 2 aromatic rings. The minimum absolute atomic E-state index is 0.147. The average molecular weight is 410 g/mol. The molecule has 0 radical (unpaired) electrons. The molecule has 12 nitrogen and oxygen atoms in total. The van der Waals surface area contributed by atoms with Crippen LogP contribution >= 0.6 is 0 Å². The van der Waals surface area contributed by atoms with Crippen molar-refractivity contribution in [3.05, 3.63) is 24.2 Å². The Morgan fingerprint density at radius 2 is 2.07 bits per heavy atom. The first-order chi connectivity index (χ1) is 13.8. The van der Waals surface area contributed by atoms with Gasteiger partial charge in [-0.2, -0.15) is 5.10 Å². The van der Waals surface area contributed by atoms with Gasteiger partial charge in [-0.1, -0.05) is 0 Å². The van der Waals surface area contributed by atoms with E-state index >= 15 is 0 Å². The quantitative estimate of drug-likeness (QED) is 0.529. The lowest BCUT2D eigenvalue weighted by molar-refractivity contribution is -0.153. The van der Waals surface area contributed by atoms with Gasteiger partial charge in [-0.05, 0) is 26.0 Å². The Kier molecular flexibility index (Phi) is 6.15. The Balaban J connectivity index is 1.62. The van der Waals surface area contributed by atoms with E-state index in [2.05, 4.69) is 10.1 Å². The Bertz CT molecular complexity index is 887. The maximum absolute atomic E-state index is 11.7. The monoisotopic (exact) mass is 410 g/mol. The SMILES string of the molecule is CCOC(=O)[C@H](C)OC(=O)OC[C@H]1O[C@@H](c2ccc3c(N)ncnn23)[C@H](O)[C@@H]1O. The van der Waals surface area contributed by atoms with Gasteiger partial charge in [0.1, 0.15) is 42.9 Å². The molecule has 29 heavy (non-hydrogen) atoms. The van der Waals surface area contributed by atoms with E-state index in [1.54, 1.807) is 19.1 Å². The lowest BCUT2D eigenvalue weighted by Crippen LogP contribution is -2.35. The first kappa shape index (κ1) is 20.8. The number of anilines is 1. The number of hydrogen-bond donors (Lipinski definition) is 3. The lowest BCUT2D eigenvalue weighted by atomic mass is 10.1. The summed E-state index contributed by atoms with van der Waals surface area (Å²) in [6.45, 7) is 2.71. The van der Waals surface area contributed by atoms with Gasteiger partial charge in [0.2, 0.25) is 0 Å². The molecule has 0 aliphatic carbocycles. The van der Waals surface area contributed by atoms with Gasteiger partial charge in [0, 0.05) is 0 Å². The molecule has 1 saturated heterocycles. The molecule has 3 heterocycles. The zero-order valence-corrected chi connectivity index (χ0v) is 15.8. The summed E-state index contributed by atoms with van der Waals surface area (Å²) in [5.41, 5.74) is 6.75. The molecule has 3 rings (SSSR count). The summed E-state index contributed by atoms with van der Waals surface area (Å²) in [5.74, 6) is -0.462. The number of aliphatic hydroxyl groups excluding tert-OH is 2. The van der Waals surface area contributed by atoms with Gasteiger partial charge < -0.3 is 34.9 Å². The summed E-state index contributed by atoms with van der Waals surface area (Å²) in [4.78, 5) is 27.1. The van der Waals surface area contributed by atoms with Crippen molar-refractivity contribution in [1.82, 2.24) is 14.6 Å². The number of ether oxygens (including phenoxy) is 4. The molecule has 1 fully saturated rings. The van der Waals surface area contributed by atoms with Crippen LogP contribution in [-0.2, 0) is 23.7 Å². The van der Waals surface area contributed by atoms with Crippen molar-refractivity contribution < 1.29 is 38.7 Å². The van der Waals surface area contributed by atoms with Crippen molar-refractivity contribution in [1.29, 1.82) is 0 Å². The number of esters is 1. The molecule has 0 spiro atoms. The molecule has 158 valence electrons. The van der Waals surface area contributed by atoms with Crippen molar-refractivity contribution in [2.24, 2.45) is 0 Å². The molecule has 0 aromatic carbocycles. The largest absolute Gasteiger partial charge is 0.509 e. The van der Waals surface area contributed by atoms with Crippen LogP contribution in [-0.4, -0.2) is 74.6 Å². The number of hydrogen-bond acceptors (Lipinski definition) is 11. The summed E-state index contributed by atoms with van der Waals surface area (Å²) in [6.07, 6.45) is -5.62. The van der Waals surface area contributed by atoms with Crippen molar-refractivity contribution in [3.8, 4) is 0 Å². The lowest BCUT2D eigenvalue weighted by Gasteiger charge is -2.16.